The first kappa shape index (κ1) is 21.2. The molecule has 0 aliphatic rings. The van der Waals surface area contributed by atoms with Crippen LogP contribution in [0.4, 0.5) is 0 Å². The summed E-state index contributed by atoms with van der Waals surface area (Å²) in [5.74, 6) is 0.122. The molecule has 0 amide bonds. The number of furan rings is 1. The molecule has 152 valence electrons. The van der Waals surface area contributed by atoms with Crippen molar-refractivity contribution >= 4 is 33.5 Å². The Labute approximate surface area is 182 Å². The van der Waals surface area contributed by atoms with E-state index in [-0.39, 0.29) is 12.4 Å². The molecule has 0 unspecified atom stereocenters. The number of hydrogen-bond acceptors (Lipinski definition) is 5. The van der Waals surface area contributed by atoms with Gasteiger partial charge in [0.1, 0.15) is 12.4 Å². The Hall–Kier alpha value is -3.50. The van der Waals surface area contributed by atoms with E-state index in [4.69, 9.17) is 19.0 Å². The molecule has 0 radical (unpaired) electrons. The Kier molecular flexibility index (Phi) is 6.94. The number of halogens is 1. The van der Waals surface area contributed by atoms with E-state index >= 15 is 0 Å². The van der Waals surface area contributed by atoms with Gasteiger partial charge in [0.15, 0.2) is 11.5 Å². The number of benzene rings is 2. The minimum Gasteiger partial charge on any atom is -0.490 e. The Morgan fingerprint density at radius 1 is 1.13 bits per heavy atom. The molecule has 0 saturated heterocycles. The Balaban J connectivity index is 1.82. The number of rotatable bonds is 8. The minimum atomic E-state index is -1.13. The largest absolute Gasteiger partial charge is 0.490 e. The maximum absolute atomic E-state index is 10.9. The van der Waals surface area contributed by atoms with Gasteiger partial charge in [0.2, 0.25) is 5.76 Å². The fraction of sp³-hybridized carbons (Fsp3) is 0.130. The van der Waals surface area contributed by atoms with Crippen LogP contribution in [0.25, 0.3) is 11.6 Å². The molecule has 1 aromatic heterocycles. The third-order valence-corrected chi connectivity index (χ3v) is 4.63. The van der Waals surface area contributed by atoms with Crippen molar-refractivity contribution < 1.29 is 23.8 Å². The van der Waals surface area contributed by atoms with Gasteiger partial charge in [-0.05, 0) is 60.5 Å². The zero-order valence-electron chi connectivity index (χ0n) is 16.1. The SMILES string of the molecule is CCOc1cc(C=C(C#N)c2ccc(Br)cc2)ccc1OCc1ccc(C(=O)O)o1. The Morgan fingerprint density at radius 2 is 1.90 bits per heavy atom. The molecule has 0 bridgehead atoms. The molecule has 1 N–H and O–H groups in total. The Bertz CT molecular complexity index is 1110. The van der Waals surface area contributed by atoms with Gasteiger partial charge >= 0.3 is 5.97 Å². The number of ether oxygens (including phenoxy) is 2. The molecule has 3 aromatic rings. The lowest BCUT2D eigenvalue weighted by Crippen LogP contribution is -1.99. The van der Waals surface area contributed by atoms with Crippen molar-refractivity contribution in [3.63, 3.8) is 0 Å². The van der Waals surface area contributed by atoms with Crippen LogP contribution in [0.5, 0.6) is 11.5 Å². The van der Waals surface area contributed by atoms with E-state index in [9.17, 15) is 10.1 Å². The third-order valence-electron chi connectivity index (χ3n) is 4.10. The number of nitriles is 1. The molecular weight excluding hydrogens is 450 g/mol. The molecule has 2 aromatic carbocycles. The highest BCUT2D eigenvalue weighted by atomic mass is 79.9. The summed E-state index contributed by atoms with van der Waals surface area (Å²) in [6, 6.07) is 18.0. The van der Waals surface area contributed by atoms with Crippen LogP contribution in [-0.2, 0) is 6.61 Å². The number of carboxylic acid groups (broad SMARTS) is 1. The predicted octanol–water partition coefficient (Wildman–Crippen LogP) is 5.78. The number of aromatic carboxylic acids is 1. The van der Waals surface area contributed by atoms with Gasteiger partial charge in [-0.1, -0.05) is 34.1 Å². The van der Waals surface area contributed by atoms with Gasteiger partial charge in [0, 0.05) is 4.47 Å². The van der Waals surface area contributed by atoms with Crippen molar-refractivity contribution in [1.29, 1.82) is 5.26 Å². The summed E-state index contributed by atoms with van der Waals surface area (Å²) in [6.07, 6.45) is 1.78. The molecule has 0 fully saturated rings. The predicted molar refractivity (Wildman–Crippen MR) is 115 cm³/mol. The van der Waals surface area contributed by atoms with Crippen molar-refractivity contribution in [3.05, 3.63) is 81.7 Å². The molecule has 0 saturated carbocycles. The average molecular weight is 468 g/mol. The van der Waals surface area contributed by atoms with Crippen LogP contribution in [0, 0.1) is 11.3 Å². The second kappa shape index (κ2) is 9.81. The summed E-state index contributed by atoms with van der Waals surface area (Å²) in [5, 5.41) is 18.5. The van der Waals surface area contributed by atoms with Crippen LogP contribution in [-0.4, -0.2) is 17.7 Å². The van der Waals surface area contributed by atoms with Gasteiger partial charge in [-0.15, -0.1) is 0 Å². The highest BCUT2D eigenvalue weighted by Crippen LogP contribution is 2.31. The maximum atomic E-state index is 10.9. The quantitative estimate of drug-likeness (QED) is 0.333. The molecule has 1 heterocycles. The first-order chi connectivity index (χ1) is 14.5. The fourth-order valence-corrected chi connectivity index (χ4v) is 2.96. The van der Waals surface area contributed by atoms with E-state index in [0.29, 0.717) is 29.4 Å². The molecule has 6 nitrogen and oxygen atoms in total. The van der Waals surface area contributed by atoms with Gasteiger partial charge < -0.3 is 19.0 Å². The fourth-order valence-electron chi connectivity index (χ4n) is 2.70. The van der Waals surface area contributed by atoms with E-state index in [2.05, 4.69) is 22.0 Å². The van der Waals surface area contributed by atoms with Crippen LogP contribution in [0.2, 0.25) is 0 Å². The van der Waals surface area contributed by atoms with Crippen molar-refractivity contribution in [2.24, 2.45) is 0 Å². The van der Waals surface area contributed by atoms with Crippen molar-refractivity contribution in [2.45, 2.75) is 13.5 Å². The average Bonchev–Trinajstić information content (AvgIpc) is 3.22. The van der Waals surface area contributed by atoms with E-state index in [1.807, 2.05) is 37.3 Å². The summed E-state index contributed by atoms with van der Waals surface area (Å²) in [6.45, 7) is 2.36. The van der Waals surface area contributed by atoms with E-state index in [1.165, 1.54) is 6.07 Å². The summed E-state index contributed by atoms with van der Waals surface area (Å²) < 4.78 is 17.6. The zero-order chi connectivity index (χ0) is 21.5. The van der Waals surface area contributed by atoms with Gasteiger partial charge in [-0.2, -0.15) is 5.26 Å². The lowest BCUT2D eigenvalue weighted by atomic mass is 10.0. The number of carbonyl (C=O) groups is 1. The molecule has 0 spiro atoms. The molecule has 7 heteroatoms. The number of carboxylic acids is 1. The van der Waals surface area contributed by atoms with E-state index < -0.39 is 5.97 Å². The first-order valence-electron chi connectivity index (χ1n) is 9.09. The monoisotopic (exact) mass is 467 g/mol. The van der Waals surface area contributed by atoms with Crippen molar-refractivity contribution in [2.75, 3.05) is 6.61 Å². The lowest BCUT2D eigenvalue weighted by molar-refractivity contribution is 0.0658. The normalized spacial score (nSPS) is 11.0. The second-order valence-electron chi connectivity index (χ2n) is 6.18. The Morgan fingerprint density at radius 3 is 2.53 bits per heavy atom. The van der Waals surface area contributed by atoms with Crippen LogP contribution in [0.15, 0.2) is 63.5 Å². The van der Waals surface area contributed by atoms with Crippen LogP contribution >= 0.6 is 15.9 Å². The third kappa shape index (κ3) is 5.31. The molecule has 0 atom stereocenters. The number of allylic oxidation sites excluding steroid dienone is 1. The highest BCUT2D eigenvalue weighted by Gasteiger charge is 2.12. The summed E-state index contributed by atoms with van der Waals surface area (Å²) in [4.78, 5) is 10.9. The summed E-state index contributed by atoms with van der Waals surface area (Å²) >= 11 is 3.39. The standard InChI is InChI=1S/C23H18BrNO5/c1-2-28-22-12-15(11-17(13-25)16-4-6-18(24)7-5-16)3-9-20(22)29-14-19-8-10-21(30-19)23(26)27/h3-12H,2,14H2,1H3,(H,26,27). The van der Waals surface area contributed by atoms with Gasteiger partial charge in [0.05, 0.1) is 18.2 Å². The topological polar surface area (TPSA) is 92.7 Å². The van der Waals surface area contributed by atoms with Crippen LogP contribution in [0.3, 0.4) is 0 Å². The molecule has 30 heavy (non-hydrogen) atoms. The smallest absolute Gasteiger partial charge is 0.371 e. The zero-order valence-corrected chi connectivity index (χ0v) is 17.7. The van der Waals surface area contributed by atoms with Gasteiger partial charge in [0.25, 0.3) is 0 Å². The number of hydrogen-bond donors (Lipinski definition) is 1. The molecular formula is C23H18BrNO5. The van der Waals surface area contributed by atoms with Crippen LogP contribution < -0.4 is 9.47 Å². The molecule has 3 rings (SSSR count). The minimum absolute atomic E-state index is 0.0604. The van der Waals surface area contributed by atoms with Crippen molar-refractivity contribution in [1.82, 2.24) is 0 Å². The van der Waals surface area contributed by atoms with Crippen LogP contribution in [0.1, 0.15) is 34.4 Å². The van der Waals surface area contributed by atoms with Gasteiger partial charge in [-0.25, -0.2) is 4.79 Å². The molecule has 0 aliphatic carbocycles. The second-order valence-corrected chi connectivity index (χ2v) is 7.09. The lowest BCUT2D eigenvalue weighted by Gasteiger charge is -2.12. The highest BCUT2D eigenvalue weighted by molar-refractivity contribution is 9.10. The summed E-state index contributed by atoms with van der Waals surface area (Å²) in [7, 11) is 0. The number of nitrogens with zero attached hydrogens (tertiary/aromatic N) is 1. The first-order valence-corrected chi connectivity index (χ1v) is 9.89. The molecule has 0 aliphatic heterocycles. The van der Waals surface area contributed by atoms with Crippen molar-refractivity contribution in [3.8, 4) is 17.6 Å². The summed E-state index contributed by atoms with van der Waals surface area (Å²) in [5.41, 5.74) is 2.12. The maximum Gasteiger partial charge on any atom is 0.371 e. The van der Waals surface area contributed by atoms with E-state index in [1.54, 1.807) is 24.3 Å². The van der Waals surface area contributed by atoms with Gasteiger partial charge in [-0.3, -0.25) is 0 Å². The van der Waals surface area contributed by atoms with E-state index in [0.717, 1.165) is 15.6 Å².